The Morgan fingerprint density at radius 1 is 0.560 bits per heavy atom. The van der Waals surface area contributed by atoms with Gasteiger partial charge in [0, 0.05) is 5.02 Å². The Morgan fingerprint density at radius 3 is 1.80 bits per heavy atom. The van der Waals surface area contributed by atoms with Gasteiger partial charge in [-0.3, -0.25) is 0 Å². The number of hydrogen-bond acceptors (Lipinski definition) is 0. The van der Waals surface area contributed by atoms with Crippen LogP contribution in [0.25, 0.3) is 33.0 Å². The summed E-state index contributed by atoms with van der Waals surface area (Å²) in [5.74, 6) is 0. The topological polar surface area (TPSA) is 0 Å². The first-order valence-corrected chi connectivity index (χ1v) is 8.87. The second-order valence-corrected chi connectivity index (χ2v) is 6.92. The maximum atomic E-state index is 6.17. The fraction of sp³-hybridized carbons (Fsp3) is 0.0833. The molecule has 25 heavy (non-hydrogen) atoms. The summed E-state index contributed by atoms with van der Waals surface area (Å²) in [6, 6.07) is 27.8. The SMILES string of the molecule is Cc1ccccc1-c1cccc2cccc(-c3ccc(Cl)cc3C)c12. The second kappa shape index (κ2) is 6.38. The molecule has 0 N–H and O–H groups in total. The van der Waals surface area contributed by atoms with Crippen LogP contribution in [0.15, 0.2) is 78.9 Å². The van der Waals surface area contributed by atoms with Crippen molar-refractivity contribution in [1.29, 1.82) is 0 Å². The van der Waals surface area contributed by atoms with Crippen LogP contribution in [0.3, 0.4) is 0 Å². The Labute approximate surface area is 153 Å². The predicted molar refractivity (Wildman–Crippen MR) is 109 cm³/mol. The average Bonchev–Trinajstić information content (AvgIpc) is 2.61. The minimum Gasteiger partial charge on any atom is -0.0843 e. The van der Waals surface area contributed by atoms with Crippen LogP contribution in [0.1, 0.15) is 11.1 Å². The van der Waals surface area contributed by atoms with Crippen molar-refractivity contribution in [2.45, 2.75) is 13.8 Å². The fourth-order valence-electron chi connectivity index (χ4n) is 3.59. The van der Waals surface area contributed by atoms with E-state index < -0.39 is 0 Å². The van der Waals surface area contributed by atoms with E-state index in [1.54, 1.807) is 0 Å². The molecule has 0 radical (unpaired) electrons. The molecule has 4 rings (SSSR count). The van der Waals surface area contributed by atoms with Gasteiger partial charge in [0.2, 0.25) is 0 Å². The lowest BCUT2D eigenvalue weighted by molar-refractivity contribution is 1.46. The molecule has 4 aromatic rings. The van der Waals surface area contributed by atoms with Gasteiger partial charge in [-0.05, 0) is 70.1 Å². The Hall–Kier alpha value is -2.57. The zero-order chi connectivity index (χ0) is 17.4. The van der Waals surface area contributed by atoms with E-state index in [2.05, 4.69) is 80.6 Å². The van der Waals surface area contributed by atoms with Crippen molar-refractivity contribution in [3.05, 3.63) is 95.0 Å². The molecule has 122 valence electrons. The molecule has 1 heteroatoms. The normalized spacial score (nSPS) is 11.0. The summed E-state index contributed by atoms with van der Waals surface area (Å²) in [6.45, 7) is 4.29. The van der Waals surface area contributed by atoms with Crippen LogP contribution in [0, 0.1) is 13.8 Å². The molecular weight excluding hydrogens is 324 g/mol. The van der Waals surface area contributed by atoms with Gasteiger partial charge in [0.1, 0.15) is 0 Å². The van der Waals surface area contributed by atoms with E-state index in [1.807, 2.05) is 12.1 Å². The lowest BCUT2D eigenvalue weighted by Crippen LogP contribution is -1.90. The van der Waals surface area contributed by atoms with Gasteiger partial charge in [-0.1, -0.05) is 78.3 Å². The quantitative estimate of drug-likeness (QED) is 0.355. The Bertz CT molecular complexity index is 1070. The molecule has 0 aliphatic carbocycles. The van der Waals surface area contributed by atoms with E-state index in [0.29, 0.717) is 0 Å². The smallest absolute Gasteiger partial charge is 0.0409 e. The minimum absolute atomic E-state index is 0.778. The maximum absolute atomic E-state index is 6.17. The van der Waals surface area contributed by atoms with Crippen molar-refractivity contribution in [2.75, 3.05) is 0 Å². The summed E-state index contributed by atoms with van der Waals surface area (Å²) in [6.07, 6.45) is 0. The molecule has 0 atom stereocenters. The van der Waals surface area contributed by atoms with Gasteiger partial charge in [-0.2, -0.15) is 0 Å². The molecule has 0 bridgehead atoms. The predicted octanol–water partition coefficient (Wildman–Crippen LogP) is 7.44. The average molecular weight is 343 g/mol. The maximum Gasteiger partial charge on any atom is 0.0409 e. The van der Waals surface area contributed by atoms with E-state index in [9.17, 15) is 0 Å². The Balaban J connectivity index is 2.09. The molecule has 0 aliphatic heterocycles. The Morgan fingerprint density at radius 2 is 1.16 bits per heavy atom. The summed E-state index contributed by atoms with van der Waals surface area (Å²) < 4.78 is 0. The highest BCUT2D eigenvalue weighted by Gasteiger charge is 2.12. The van der Waals surface area contributed by atoms with E-state index in [1.165, 1.54) is 44.2 Å². The van der Waals surface area contributed by atoms with E-state index in [4.69, 9.17) is 11.6 Å². The first-order valence-electron chi connectivity index (χ1n) is 8.49. The van der Waals surface area contributed by atoms with Gasteiger partial charge in [0.05, 0.1) is 0 Å². The summed E-state index contributed by atoms with van der Waals surface area (Å²) in [4.78, 5) is 0. The van der Waals surface area contributed by atoms with E-state index in [0.717, 1.165) is 5.02 Å². The van der Waals surface area contributed by atoms with Crippen LogP contribution in [-0.4, -0.2) is 0 Å². The highest BCUT2D eigenvalue weighted by atomic mass is 35.5. The molecule has 0 spiro atoms. The number of hydrogen-bond donors (Lipinski definition) is 0. The highest BCUT2D eigenvalue weighted by Crippen LogP contribution is 2.38. The van der Waals surface area contributed by atoms with Gasteiger partial charge >= 0.3 is 0 Å². The first-order chi connectivity index (χ1) is 12.1. The molecule has 0 fully saturated rings. The van der Waals surface area contributed by atoms with Crippen LogP contribution < -0.4 is 0 Å². The first kappa shape index (κ1) is 15.9. The summed E-state index contributed by atoms with van der Waals surface area (Å²) in [5, 5.41) is 3.33. The standard InChI is InChI=1S/C24H19Cl/c1-16-7-3-4-10-20(16)22-11-5-8-18-9-6-12-23(24(18)22)21-14-13-19(25)15-17(21)2/h3-15H,1-2H3. The molecular formula is C24H19Cl. The summed E-state index contributed by atoms with van der Waals surface area (Å²) in [5.41, 5.74) is 7.53. The molecule has 0 nitrogen and oxygen atoms in total. The van der Waals surface area contributed by atoms with E-state index >= 15 is 0 Å². The van der Waals surface area contributed by atoms with Gasteiger partial charge < -0.3 is 0 Å². The highest BCUT2D eigenvalue weighted by molar-refractivity contribution is 6.30. The number of fused-ring (bicyclic) bond motifs is 1. The van der Waals surface area contributed by atoms with Gasteiger partial charge in [0.25, 0.3) is 0 Å². The lowest BCUT2D eigenvalue weighted by Gasteiger charge is -2.15. The third-order valence-corrected chi connectivity index (χ3v) is 5.05. The minimum atomic E-state index is 0.778. The van der Waals surface area contributed by atoms with Crippen molar-refractivity contribution in [1.82, 2.24) is 0 Å². The Kier molecular flexibility index (Phi) is 4.07. The number of rotatable bonds is 2. The van der Waals surface area contributed by atoms with Crippen LogP contribution in [0.5, 0.6) is 0 Å². The van der Waals surface area contributed by atoms with Crippen LogP contribution in [-0.2, 0) is 0 Å². The monoisotopic (exact) mass is 342 g/mol. The van der Waals surface area contributed by atoms with Crippen molar-refractivity contribution >= 4 is 22.4 Å². The summed E-state index contributed by atoms with van der Waals surface area (Å²) >= 11 is 6.17. The number of benzene rings is 4. The molecule has 0 heterocycles. The second-order valence-electron chi connectivity index (χ2n) is 6.48. The third-order valence-electron chi connectivity index (χ3n) is 4.82. The summed E-state index contributed by atoms with van der Waals surface area (Å²) in [7, 11) is 0. The fourth-order valence-corrected chi connectivity index (χ4v) is 3.82. The zero-order valence-corrected chi connectivity index (χ0v) is 15.1. The van der Waals surface area contributed by atoms with Gasteiger partial charge in [0.15, 0.2) is 0 Å². The molecule has 0 amide bonds. The van der Waals surface area contributed by atoms with Crippen molar-refractivity contribution in [3.63, 3.8) is 0 Å². The molecule has 0 saturated heterocycles. The molecule has 4 aromatic carbocycles. The molecule has 0 unspecified atom stereocenters. The van der Waals surface area contributed by atoms with Gasteiger partial charge in [-0.15, -0.1) is 0 Å². The van der Waals surface area contributed by atoms with E-state index in [-0.39, 0.29) is 0 Å². The number of aryl methyl sites for hydroxylation is 2. The lowest BCUT2D eigenvalue weighted by atomic mass is 9.89. The van der Waals surface area contributed by atoms with Crippen LogP contribution in [0.2, 0.25) is 5.02 Å². The van der Waals surface area contributed by atoms with Crippen LogP contribution >= 0.6 is 11.6 Å². The zero-order valence-electron chi connectivity index (χ0n) is 14.4. The number of halogens is 1. The van der Waals surface area contributed by atoms with Crippen molar-refractivity contribution in [2.24, 2.45) is 0 Å². The van der Waals surface area contributed by atoms with Crippen molar-refractivity contribution in [3.8, 4) is 22.3 Å². The third kappa shape index (κ3) is 2.83. The largest absolute Gasteiger partial charge is 0.0843 e. The van der Waals surface area contributed by atoms with Crippen molar-refractivity contribution < 1.29 is 0 Å². The van der Waals surface area contributed by atoms with Crippen LogP contribution in [0.4, 0.5) is 0 Å². The molecule has 0 saturated carbocycles. The molecule has 0 aliphatic rings. The molecule has 0 aromatic heterocycles. The van der Waals surface area contributed by atoms with Gasteiger partial charge in [-0.25, -0.2) is 0 Å².